The molecule has 7 nitrogen and oxygen atoms in total. The Labute approximate surface area is 116 Å². The molecule has 108 valence electrons. The summed E-state index contributed by atoms with van der Waals surface area (Å²) in [5, 5.41) is 8.56. The summed E-state index contributed by atoms with van der Waals surface area (Å²) in [6, 6.07) is 3.42. The average molecular weight is 279 g/mol. The van der Waals surface area contributed by atoms with Crippen molar-refractivity contribution in [2.75, 3.05) is 25.4 Å². The van der Waals surface area contributed by atoms with Gasteiger partial charge in [-0.2, -0.15) is 0 Å². The van der Waals surface area contributed by atoms with E-state index in [9.17, 15) is 9.59 Å². The smallest absolute Gasteiger partial charge is 0.329 e. The predicted octanol–water partition coefficient (Wildman–Crippen LogP) is -0.0916. The largest absolute Gasteiger partial charge is 0.480 e. The van der Waals surface area contributed by atoms with Crippen LogP contribution in [0.15, 0.2) is 18.3 Å². The molecule has 2 rings (SSSR count). The second kappa shape index (κ2) is 5.46. The van der Waals surface area contributed by atoms with E-state index in [1.807, 2.05) is 0 Å². The molecular weight excluding hydrogens is 262 g/mol. The highest BCUT2D eigenvalue weighted by Gasteiger charge is 2.42. The maximum absolute atomic E-state index is 12.0. The van der Waals surface area contributed by atoms with Crippen LogP contribution in [0.3, 0.4) is 0 Å². The van der Waals surface area contributed by atoms with E-state index in [-0.39, 0.29) is 18.9 Å². The summed E-state index contributed by atoms with van der Waals surface area (Å²) in [5.41, 5.74) is 6.17. The van der Waals surface area contributed by atoms with E-state index in [2.05, 4.69) is 4.98 Å². The molecule has 0 atom stereocenters. The highest BCUT2D eigenvalue weighted by Crippen LogP contribution is 2.25. The average Bonchev–Trinajstić information content (AvgIpc) is 2.35. The van der Waals surface area contributed by atoms with E-state index in [0.717, 1.165) is 0 Å². The third-order valence-corrected chi connectivity index (χ3v) is 3.13. The Kier molecular flexibility index (Phi) is 3.89. The van der Waals surface area contributed by atoms with Crippen molar-refractivity contribution < 1.29 is 19.4 Å². The first kappa shape index (κ1) is 14.3. The van der Waals surface area contributed by atoms with Crippen LogP contribution in [-0.4, -0.2) is 52.2 Å². The number of rotatable bonds is 5. The number of aliphatic carboxylic acids is 1. The molecule has 0 unspecified atom stereocenters. The molecule has 0 radical (unpaired) electrons. The van der Waals surface area contributed by atoms with E-state index >= 15 is 0 Å². The lowest BCUT2D eigenvalue weighted by atomic mass is 9.95. The Bertz CT molecular complexity index is 509. The van der Waals surface area contributed by atoms with Crippen molar-refractivity contribution in [1.29, 1.82) is 0 Å². The fourth-order valence-electron chi connectivity index (χ4n) is 2.07. The number of carbonyl (C=O) groups is 2. The maximum atomic E-state index is 12.0. The number of carboxylic acid groups (broad SMARTS) is 1. The highest BCUT2D eigenvalue weighted by molar-refractivity contribution is 5.79. The molecule has 1 saturated heterocycles. The molecule has 0 aromatic carbocycles. The lowest BCUT2D eigenvalue weighted by molar-refractivity contribution is -0.172. The van der Waals surface area contributed by atoms with Crippen LogP contribution in [0.25, 0.3) is 0 Å². The van der Waals surface area contributed by atoms with Gasteiger partial charge in [-0.05, 0) is 19.1 Å². The zero-order chi connectivity index (χ0) is 14.8. The molecule has 0 aliphatic carbocycles. The number of carbonyl (C=O) groups excluding carboxylic acids is 1. The molecule has 20 heavy (non-hydrogen) atoms. The van der Waals surface area contributed by atoms with Crippen LogP contribution in [0.2, 0.25) is 0 Å². The zero-order valence-corrected chi connectivity index (χ0v) is 11.2. The van der Waals surface area contributed by atoms with Crippen molar-refractivity contribution in [3.8, 4) is 0 Å². The first-order valence-corrected chi connectivity index (χ1v) is 6.22. The number of hydrogen-bond acceptors (Lipinski definition) is 5. The van der Waals surface area contributed by atoms with Gasteiger partial charge in [0.05, 0.1) is 31.4 Å². The Hall–Kier alpha value is -2.15. The van der Waals surface area contributed by atoms with Gasteiger partial charge in [0, 0.05) is 5.69 Å². The van der Waals surface area contributed by atoms with Crippen molar-refractivity contribution in [3.63, 3.8) is 0 Å². The summed E-state index contributed by atoms with van der Waals surface area (Å²) in [6.07, 6.45) is 1.72. The van der Waals surface area contributed by atoms with Crippen molar-refractivity contribution in [1.82, 2.24) is 9.88 Å². The van der Waals surface area contributed by atoms with Crippen LogP contribution in [0.1, 0.15) is 12.6 Å². The third-order valence-electron chi connectivity index (χ3n) is 3.13. The maximum Gasteiger partial charge on any atom is 0.329 e. The number of carboxylic acids is 1. The van der Waals surface area contributed by atoms with Crippen LogP contribution in [-0.2, 0) is 20.7 Å². The normalized spacial score (nSPS) is 16.6. The Morgan fingerprint density at radius 2 is 2.20 bits per heavy atom. The minimum absolute atomic E-state index is 0.0568. The van der Waals surface area contributed by atoms with E-state index in [1.165, 1.54) is 6.20 Å². The molecule has 7 heteroatoms. The minimum Gasteiger partial charge on any atom is -0.480 e. The van der Waals surface area contributed by atoms with Crippen molar-refractivity contribution in [3.05, 3.63) is 24.0 Å². The number of pyridine rings is 1. The summed E-state index contributed by atoms with van der Waals surface area (Å²) in [7, 11) is 0. The van der Waals surface area contributed by atoms with Gasteiger partial charge in [0.15, 0.2) is 0 Å². The fraction of sp³-hybridized carbons (Fsp3) is 0.462. The van der Waals surface area contributed by atoms with Crippen molar-refractivity contribution in [2.24, 2.45) is 0 Å². The first-order chi connectivity index (χ1) is 9.38. The van der Waals surface area contributed by atoms with Crippen LogP contribution in [0.4, 0.5) is 5.69 Å². The molecule has 1 amide bonds. The van der Waals surface area contributed by atoms with Gasteiger partial charge in [0.1, 0.15) is 12.2 Å². The molecular formula is C13H17N3O4. The van der Waals surface area contributed by atoms with Gasteiger partial charge in [0.2, 0.25) is 5.91 Å². The van der Waals surface area contributed by atoms with Gasteiger partial charge in [0.25, 0.3) is 0 Å². The van der Waals surface area contributed by atoms with Crippen LogP contribution >= 0.6 is 0 Å². The predicted molar refractivity (Wildman–Crippen MR) is 70.9 cm³/mol. The van der Waals surface area contributed by atoms with Gasteiger partial charge in [-0.25, -0.2) is 4.79 Å². The van der Waals surface area contributed by atoms with Gasteiger partial charge in [-0.15, -0.1) is 0 Å². The number of anilines is 1. The standard InChI is InChI=1S/C13H17N3O4/c1-13(20-6-12(18)19)7-16(8-13)11(17)4-10-3-2-9(14)5-15-10/h2-3,5H,4,6-8,14H2,1H3,(H,18,19). The van der Waals surface area contributed by atoms with Crippen molar-refractivity contribution in [2.45, 2.75) is 18.9 Å². The number of nitrogens with two attached hydrogens (primary N) is 1. The van der Waals surface area contributed by atoms with Crippen LogP contribution < -0.4 is 5.73 Å². The summed E-state index contributed by atoms with van der Waals surface area (Å²) in [6.45, 7) is 2.24. The summed E-state index contributed by atoms with van der Waals surface area (Å²) < 4.78 is 5.25. The van der Waals surface area contributed by atoms with Crippen LogP contribution in [0.5, 0.6) is 0 Å². The monoisotopic (exact) mass is 279 g/mol. The second-order valence-electron chi connectivity index (χ2n) is 5.14. The SMILES string of the molecule is CC1(OCC(=O)O)CN(C(=O)Cc2ccc(N)cn2)C1. The number of amides is 1. The van der Waals surface area contributed by atoms with E-state index in [0.29, 0.717) is 24.5 Å². The third kappa shape index (κ3) is 3.45. The topological polar surface area (TPSA) is 106 Å². The van der Waals surface area contributed by atoms with Gasteiger partial charge < -0.3 is 20.5 Å². The first-order valence-electron chi connectivity index (χ1n) is 6.22. The molecule has 2 heterocycles. The molecule has 3 N–H and O–H groups in total. The van der Waals surface area contributed by atoms with Gasteiger partial charge >= 0.3 is 5.97 Å². The zero-order valence-electron chi connectivity index (χ0n) is 11.2. The van der Waals surface area contributed by atoms with E-state index in [4.69, 9.17) is 15.6 Å². The summed E-state index contributed by atoms with van der Waals surface area (Å²) in [5.74, 6) is -1.07. The molecule has 0 bridgehead atoms. The second-order valence-corrected chi connectivity index (χ2v) is 5.14. The minimum atomic E-state index is -1.01. The molecule has 1 aliphatic heterocycles. The number of nitrogen functional groups attached to an aromatic ring is 1. The quantitative estimate of drug-likeness (QED) is 0.780. The Morgan fingerprint density at radius 3 is 2.75 bits per heavy atom. The molecule has 0 saturated carbocycles. The number of ether oxygens (including phenoxy) is 1. The van der Waals surface area contributed by atoms with Crippen LogP contribution in [0, 0.1) is 0 Å². The van der Waals surface area contributed by atoms with Crippen molar-refractivity contribution >= 4 is 17.6 Å². The van der Waals surface area contributed by atoms with E-state index < -0.39 is 11.6 Å². The highest BCUT2D eigenvalue weighted by atomic mass is 16.5. The number of likely N-dealkylation sites (tertiary alicyclic amines) is 1. The molecule has 1 aromatic heterocycles. The molecule has 1 aliphatic rings. The van der Waals surface area contributed by atoms with E-state index in [1.54, 1.807) is 24.0 Å². The number of nitrogens with zero attached hydrogens (tertiary/aromatic N) is 2. The summed E-state index contributed by atoms with van der Waals surface area (Å²) >= 11 is 0. The Balaban J connectivity index is 1.81. The fourth-order valence-corrected chi connectivity index (χ4v) is 2.07. The number of aromatic nitrogens is 1. The van der Waals surface area contributed by atoms with Gasteiger partial charge in [-0.1, -0.05) is 0 Å². The molecule has 0 spiro atoms. The lowest BCUT2D eigenvalue weighted by Crippen LogP contribution is -2.63. The molecule has 1 aromatic rings. The molecule has 1 fully saturated rings. The Morgan fingerprint density at radius 1 is 1.50 bits per heavy atom. The number of hydrogen-bond donors (Lipinski definition) is 2. The lowest BCUT2D eigenvalue weighted by Gasteiger charge is -2.47. The van der Waals surface area contributed by atoms with Gasteiger partial charge in [-0.3, -0.25) is 9.78 Å². The summed E-state index contributed by atoms with van der Waals surface area (Å²) in [4.78, 5) is 28.1.